The third-order valence-electron chi connectivity index (χ3n) is 2.53. The van der Waals surface area contributed by atoms with E-state index in [-0.39, 0.29) is 5.75 Å². The van der Waals surface area contributed by atoms with Crippen LogP contribution >= 0.6 is 0 Å². The molecule has 0 aliphatic carbocycles. The van der Waals surface area contributed by atoms with Crippen molar-refractivity contribution < 1.29 is 18.3 Å². The van der Waals surface area contributed by atoms with Gasteiger partial charge in [0.1, 0.15) is 5.82 Å². The van der Waals surface area contributed by atoms with Gasteiger partial charge in [0.25, 0.3) is 0 Å². The van der Waals surface area contributed by atoms with Gasteiger partial charge in [0.2, 0.25) is 0 Å². The van der Waals surface area contributed by atoms with E-state index in [9.17, 15) is 13.6 Å². The molecule has 0 spiro atoms. The van der Waals surface area contributed by atoms with Crippen LogP contribution < -0.4 is 4.74 Å². The molecule has 88 valence electrons. The molecule has 0 aliphatic heterocycles. The summed E-state index contributed by atoms with van der Waals surface area (Å²) in [5.41, 5.74) is -0.710. The van der Waals surface area contributed by atoms with Crippen LogP contribution in [-0.4, -0.2) is 5.97 Å². The molecule has 0 radical (unpaired) electrons. The third-order valence-corrected chi connectivity index (χ3v) is 2.53. The Hall–Kier alpha value is -1.45. The second-order valence-electron chi connectivity index (χ2n) is 4.20. The summed E-state index contributed by atoms with van der Waals surface area (Å²) in [6.07, 6.45) is 0.558. The number of halogens is 2. The van der Waals surface area contributed by atoms with Gasteiger partial charge in [-0.25, -0.2) is 8.78 Å². The molecule has 2 nitrogen and oxygen atoms in total. The van der Waals surface area contributed by atoms with Crippen LogP contribution in [0.5, 0.6) is 5.75 Å². The van der Waals surface area contributed by atoms with Crippen molar-refractivity contribution in [1.29, 1.82) is 0 Å². The summed E-state index contributed by atoms with van der Waals surface area (Å²) < 4.78 is 30.8. The van der Waals surface area contributed by atoms with Gasteiger partial charge in [-0.1, -0.05) is 6.92 Å². The van der Waals surface area contributed by atoms with Crippen LogP contribution in [0.15, 0.2) is 18.2 Å². The molecule has 0 aliphatic rings. The number of carbonyl (C=O) groups excluding carboxylic acids is 1. The number of hydrogen-bond acceptors (Lipinski definition) is 2. The number of hydrogen-bond donors (Lipinski definition) is 0. The number of carbonyl (C=O) groups is 1. The van der Waals surface area contributed by atoms with Gasteiger partial charge in [-0.3, -0.25) is 4.79 Å². The number of benzene rings is 1. The highest BCUT2D eigenvalue weighted by atomic mass is 19.1. The average Bonchev–Trinajstić information content (AvgIpc) is 2.23. The van der Waals surface area contributed by atoms with Gasteiger partial charge in [-0.05, 0) is 32.4 Å². The van der Waals surface area contributed by atoms with Gasteiger partial charge in [0, 0.05) is 6.07 Å². The van der Waals surface area contributed by atoms with E-state index in [1.54, 1.807) is 13.8 Å². The smallest absolute Gasteiger partial charge is 0.316 e. The molecular weight excluding hydrogens is 214 g/mol. The quantitative estimate of drug-likeness (QED) is 0.586. The summed E-state index contributed by atoms with van der Waals surface area (Å²) in [5, 5.41) is 0. The fourth-order valence-corrected chi connectivity index (χ4v) is 0.938. The molecule has 0 atom stereocenters. The van der Waals surface area contributed by atoms with Crippen LogP contribution in [0.2, 0.25) is 0 Å². The minimum absolute atomic E-state index is 0.369. The summed E-state index contributed by atoms with van der Waals surface area (Å²) in [6, 6.07) is 2.76. The standard InChI is InChI=1S/C12H14F2O2/c1-4-12(2,3)11(15)16-10-7-8(13)5-6-9(10)14/h5-7H,4H2,1-3H3. The Labute approximate surface area is 93.2 Å². The van der Waals surface area contributed by atoms with Crippen LogP contribution in [0.1, 0.15) is 27.2 Å². The second kappa shape index (κ2) is 4.60. The minimum atomic E-state index is -0.748. The first-order valence-electron chi connectivity index (χ1n) is 5.04. The lowest BCUT2D eigenvalue weighted by Gasteiger charge is -2.20. The zero-order valence-electron chi connectivity index (χ0n) is 9.51. The molecule has 0 bridgehead atoms. The molecule has 16 heavy (non-hydrogen) atoms. The monoisotopic (exact) mass is 228 g/mol. The van der Waals surface area contributed by atoms with E-state index in [0.29, 0.717) is 6.42 Å². The van der Waals surface area contributed by atoms with Crippen molar-refractivity contribution >= 4 is 5.97 Å². The maximum atomic E-state index is 13.2. The highest BCUT2D eigenvalue weighted by molar-refractivity contribution is 5.78. The Kier molecular flexibility index (Phi) is 3.62. The van der Waals surface area contributed by atoms with Crippen molar-refractivity contribution in [3.05, 3.63) is 29.8 Å². The van der Waals surface area contributed by atoms with E-state index in [1.807, 2.05) is 6.92 Å². The predicted molar refractivity (Wildman–Crippen MR) is 56.1 cm³/mol. The lowest BCUT2D eigenvalue weighted by atomic mass is 9.91. The summed E-state index contributed by atoms with van der Waals surface area (Å²) in [5.74, 6) is -2.33. The molecule has 0 saturated heterocycles. The summed E-state index contributed by atoms with van der Waals surface area (Å²) in [7, 11) is 0. The topological polar surface area (TPSA) is 26.3 Å². The number of ether oxygens (including phenoxy) is 1. The lowest BCUT2D eigenvalue weighted by Crippen LogP contribution is -2.28. The van der Waals surface area contributed by atoms with E-state index in [4.69, 9.17) is 4.74 Å². The van der Waals surface area contributed by atoms with Gasteiger partial charge in [0.05, 0.1) is 5.41 Å². The maximum Gasteiger partial charge on any atom is 0.316 e. The molecule has 0 amide bonds. The molecule has 1 aromatic carbocycles. The molecule has 0 aromatic heterocycles. The third kappa shape index (κ3) is 2.78. The average molecular weight is 228 g/mol. The van der Waals surface area contributed by atoms with Crippen LogP contribution in [0.25, 0.3) is 0 Å². The minimum Gasteiger partial charge on any atom is -0.423 e. The molecule has 1 aromatic rings. The molecule has 4 heteroatoms. The van der Waals surface area contributed by atoms with Gasteiger partial charge >= 0.3 is 5.97 Å². The fourth-order valence-electron chi connectivity index (χ4n) is 0.938. The first kappa shape index (κ1) is 12.6. The Morgan fingerprint density at radius 3 is 2.56 bits per heavy atom. The van der Waals surface area contributed by atoms with Gasteiger partial charge in [-0.15, -0.1) is 0 Å². The molecule has 0 N–H and O–H groups in total. The Morgan fingerprint density at radius 1 is 1.38 bits per heavy atom. The van der Waals surface area contributed by atoms with Crippen molar-refractivity contribution in [2.24, 2.45) is 5.41 Å². The molecule has 1 rings (SSSR count). The van der Waals surface area contributed by atoms with E-state index in [0.717, 1.165) is 18.2 Å². The SMILES string of the molecule is CCC(C)(C)C(=O)Oc1cc(F)ccc1F. The van der Waals surface area contributed by atoms with Gasteiger partial charge in [-0.2, -0.15) is 0 Å². The Morgan fingerprint density at radius 2 is 2.00 bits per heavy atom. The zero-order valence-corrected chi connectivity index (χ0v) is 9.51. The number of rotatable bonds is 3. The van der Waals surface area contributed by atoms with Crippen LogP contribution in [0.3, 0.4) is 0 Å². The zero-order chi connectivity index (χ0) is 12.3. The predicted octanol–water partition coefficient (Wildman–Crippen LogP) is 3.31. The molecule has 0 unspecified atom stereocenters. The van der Waals surface area contributed by atoms with Gasteiger partial charge in [0.15, 0.2) is 11.6 Å². The number of esters is 1. The summed E-state index contributed by atoms with van der Waals surface area (Å²) in [6.45, 7) is 5.20. The first-order valence-corrected chi connectivity index (χ1v) is 5.04. The maximum absolute atomic E-state index is 13.2. The van der Waals surface area contributed by atoms with E-state index < -0.39 is 23.0 Å². The van der Waals surface area contributed by atoms with Crippen LogP contribution in [0.4, 0.5) is 8.78 Å². The van der Waals surface area contributed by atoms with Crippen molar-refractivity contribution in [2.75, 3.05) is 0 Å². The van der Waals surface area contributed by atoms with Gasteiger partial charge < -0.3 is 4.74 Å². The van der Waals surface area contributed by atoms with E-state index in [1.165, 1.54) is 0 Å². The lowest BCUT2D eigenvalue weighted by molar-refractivity contribution is -0.144. The molecule has 0 fully saturated rings. The van der Waals surface area contributed by atoms with Crippen LogP contribution in [0, 0.1) is 17.0 Å². The summed E-state index contributed by atoms with van der Waals surface area (Å²) >= 11 is 0. The van der Waals surface area contributed by atoms with Crippen molar-refractivity contribution in [2.45, 2.75) is 27.2 Å². The molecular formula is C12H14F2O2. The first-order chi connectivity index (χ1) is 7.36. The van der Waals surface area contributed by atoms with E-state index >= 15 is 0 Å². The highest BCUT2D eigenvalue weighted by Crippen LogP contribution is 2.25. The molecule has 0 heterocycles. The molecule has 0 saturated carbocycles. The fraction of sp³-hybridized carbons (Fsp3) is 0.417. The van der Waals surface area contributed by atoms with Crippen molar-refractivity contribution in [3.63, 3.8) is 0 Å². The van der Waals surface area contributed by atoms with E-state index in [2.05, 4.69) is 0 Å². The van der Waals surface area contributed by atoms with Crippen LogP contribution in [-0.2, 0) is 4.79 Å². The summed E-state index contributed by atoms with van der Waals surface area (Å²) in [4.78, 5) is 11.6. The van der Waals surface area contributed by atoms with Crippen molar-refractivity contribution in [1.82, 2.24) is 0 Å². The second-order valence-corrected chi connectivity index (χ2v) is 4.20. The Balaban J connectivity index is 2.89. The normalized spacial score (nSPS) is 11.3. The Bertz CT molecular complexity index is 400. The van der Waals surface area contributed by atoms with Crippen molar-refractivity contribution in [3.8, 4) is 5.75 Å². The largest absolute Gasteiger partial charge is 0.423 e. The highest BCUT2D eigenvalue weighted by Gasteiger charge is 2.28.